The molecule has 0 radical (unpaired) electrons. The molecular formula is C17H25N. The number of rotatable bonds is 5. The predicted octanol–water partition coefficient (Wildman–Crippen LogP) is 4.10. The van der Waals surface area contributed by atoms with Gasteiger partial charge in [0.05, 0.1) is 0 Å². The average Bonchev–Trinajstić information content (AvgIpc) is 2.31. The Kier molecular flexibility index (Phi) is 3.43. The van der Waals surface area contributed by atoms with E-state index >= 15 is 0 Å². The molecule has 98 valence electrons. The minimum Gasteiger partial charge on any atom is -0.313 e. The zero-order valence-corrected chi connectivity index (χ0v) is 11.5. The average molecular weight is 243 g/mol. The molecule has 2 aliphatic rings. The molecule has 0 unspecified atom stereocenters. The normalized spacial score (nSPS) is 29.4. The quantitative estimate of drug-likeness (QED) is 0.821. The standard InChI is InChI=1S/C17H25N/c1-2-17(9-6-10-17)13-18-16-11-15(12-16)14-7-4-3-5-8-14/h3-5,7-8,15-16,18H,2,6,9-13H2,1H3. The van der Waals surface area contributed by atoms with Crippen LogP contribution in [0.4, 0.5) is 0 Å². The molecule has 1 heteroatoms. The lowest BCUT2D eigenvalue weighted by molar-refractivity contribution is 0.109. The maximum Gasteiger partial charge on any atom is 0.00789 e. The minimum atomic E-state index is 0.665. The van der Waals surface area contributed by atoms with Gasteiger partial charge in [-0.15, -0.1) is 0 Å². The van der Waals surface area contributed by atoms with E-state index in [-0.39, 0.29) is 0 Å². The maximum absolute atomic E-state index is 3.81. The fourth-order valence-corrected chi connectivity index (χ4v) is 3.47. The van der Waals surface area contributed by atoms with Gasteiger partial charge >= 0.3 is 0 Å². The zero-order valence-electron chi connectivity index (χ0n) is 11.5. The van der Waals surface area contributed by atoms with Gasteiger partial charge in [0, 0.05) is 12.6 Å². The van der Waals surface area contributed by atoms with Gasteiger partial charge < -0.3 is 5.32 Å². The lowest BCUT2D eigenvalue weighted by Gasteiger charge is -2.45. The highest BCUT2D eigenvalue weighted by Gasteiger charge is 2.37. The van der Waals surface area contributed by atoms with Crippen molar-refractivity contribution in [2.75, 3.05) is 6.54 Å². The van der Waals surface area contributed by atoms with E-state index in [1.54, 1.807) is 0 Å². The van der Waals surface area contributed by atoms with Crippen molar-refractivity contribution in [3.05, 3.63) is 35.9 Å². The first-order valence-corrected chi connectivity index (χ1v) is 7.60. The summed E-state index contributed by atoms with van der Waals surface area (Å²) in [4.78, 5) is 0. The number of benzene rings is 1. The van der Waals surface area contributed by atoms with Crippen molar-refractivity contribution in [3.63, 3.8) is 0 Å². The molecule has 1 N–H and O–H groups in total. The zero-order chi connectivity index (χ0) is 12.4. The highest BCUT2D eigenvalue weighted by atomic mass is 14.9. The molecule has 0 saturated heterocycles. The summed E-state index contributed by atoms with van der Waals surface area (Å²) in [5.41, 5.74) is 2.20. The van der Waals surface area contributed by atoms with Crippen LogP contribution in [-0.2, 0) is 0 Å². The van der Waals surface area contributed by atoms with E-state index in [4.69, 9.17) is 0 Å². The van der Waals surface area contributed by atoms with Crippen LogP contribution in [0.5, 0.6) is 0 Å². The van der Waals surface area contributed by atoms with Crippen LogP contribution in [0, 0.1) is 5.41 Å². The molecule has 1 aromatic rings. The van der Waals surface area contributed by atoms with E-state index in [0.29, 0.717) is 5.41 Å². The summed E-state index contributed by atoms with van der Waals surface area (Å²) in [7, 11) is 0. The first-order chi connectivity index (χ1) is 8.81. The van der Waals surface area contributed by atoms with Gasteiger partial charge in [-0.25, -0.2) is 0 Å². The summed E-state index contributed by atoms with van der Waals surface area (Å²) in [5.74, 6) is 0.808. The van der Waals surface area contributed by atoms with Crippen molar-refractivity contribution in [2.24, 2.45) is 5.41 Å². The number of hydrogen-bond donors (Lipinski definition) is 1. The van der Waals surface area contributed by atoms with E-state index in [9.17, 15) is 0 Å². The second kappa shape index (κ2) is 5.05. The predicted molar refractivity (Wildman–Crippen MR) is 76.8 cm³/mol. The molecule has 2 fully saturated rings. The lowest BCUT2D eigenvalue weighted by atomic mass is 9.66. The SMILES string of the molecule is CCC1(CNC2CC(c3ccccc3)C2)CCC1. The van der Waals surface area contributed by atoms with Crippen LogP contribution in [0.25, 0.3) is 0 Å². The molecule has 0 amide bonds. The van der Waals surface area contributed by atoms with Crippen LogP contribution in [0.1, 0.15) is 56.9 Å². The number of nitrogens with one attached hydrogen (secondary N) is 1. The van der Waals surface area contributed by atoms with Crippen LogP contribution < -0.4 is 5.32 Å². The summed E-state index contributed by atoms with van der Waals surface area (Å²) in [5, 5.41) is 3.81. The molecule has 1 nitrogen and oxygen atoms in total. The molecule has 18 heavy (non-hydrogen) atoms. The van der Waals surface area contributed by atoms with Gasteiger partial charge in [-0.05, 0) is 49.0 Å². The molecule has 1 aromatic carbocycles. The van der Waals surface area contributed by atoms with Crippen molar-refractivity contribution in [3.8, 4) is 0 Å². The molecule has 0 spiro atoms. The third kappa shape index (κ3) is 2.33. The Hall–Kier alpha value is -0.820. The van der Waals surface area contributed by atoms with E-state index < -0.39 is 0 Å². The third-order valence-electron chi connectivity index (χ3n) is 5.34. The summed E-state index contributed by atoms with van der Waals surface area (Å²) in [6.45, 7) is 3.62. The van der Waals surface area contributed by atoms with Crippen LogP contribution in [0.3, 0.4) is 0 Å². The Morgan fingerprint density at radius 3 is 2.44 bits per heavy atom. The Labute approximate surface area is 111 Å². The van der Waals surface area contributed by atoms with E-state index in [1.165, 1.54) is 50.6 Å². The molecule has 3 rings (SSSR count). The van der Waals surface area contributed by atoms with Crippen molar-refractivity contribution in [1.82, 2.24) is 5.32 Å². The van der Waals surface area contributed by atoms with Gasteiger partial charge in [-0.1, -0.05) is 43.7 Å². The fourth-order valence-electron chi connectivity index (χ4n) is 3.47. The van der Waals surface area contributed by atoms with Gasteiger partial charge in [0.15, 0.2) is 0 Å². The Bertz CT molecular complexity index is 368. The molecule has 0 bridgehead atoms. The highest BCUT2D eigenvalue weighted by molar-refractivity contribution is 5.22. The monoisotopic (exact) mass is 243 g/mol. The fraction of sp³-hybridized carbons (Fsp3) is 0.647. The van der Waals surface area contributed by atoms with E-state index in [2.05, 4.69) is 42.6 Å². The molecule has 0 aromatic heterocycles. The topological polar surface area (TPSA) is 12.0 Å². The summed E-state index contributed by atoms with van der Waals surface area (Å²) in [6.07, 6.45) is 8.38. The molecular weight excluding hydrogens is 218 g/mol. The van der Waals surface area contributed by atoms with Crippen molar-refractivity contribution in [2.45, 2.75) is 57.4 Å². The highest BCUT2D eigenvalue weighted by Crippen LogP contribution is 2.44. The van der Waals surface area contributed by atoms with Crippen LogP contribution in [0.2, 0.25) is 0 Å². The summed E-state index contributed by atoms with van der Waals surface area (Å²) >= 11 is 0. The van der Waals surface area contributed by atoms with Gasteiger partial charge in [0.25, 0.3) is 0 Å². The number of hydrogen-bond acceptors (Lipinski definition) is 1. The van der Waals surface area contributed by atoms with Gasteiger partial charge in [0.2, 0.25) is 0 Å². The Balaban J connectivity index is 1.43. The van der Waals surface area contributed by atoms with E-state index in [0.717, 1.165) is 12.0 Å². The van der Waals surface area contributed by atoms with Crippen LogP contribution >= 0.6 is 0 Å². The summed E-state index contributed by atoms with van der Waals surface area (Å²) in [6, 6.07) is 11.8. The van der Waals surface area contributed by atoms with Crippen molar-refractivity contribution < 1.29 is 0 Å². The molecule has 0 aliphatic heterocycles. The van der Waals surface area contributed by atoms with Crippen molar-refractivity contribution >= 4 is 0 Å². The smallest absolute Gasteiger partial charge is 0.00789 e. The third-order valence-corrected chi connectivity index (χ3v) is 5.34. The Morgan fingerprint density at radius 2 is 1.89 bits per heavy atom. The second-order valence-corrected chi connectivity index (χ2v) is 6.36. The first-order valence-electron chi connectivity index (χ1n) is 7.60. The van der Waals surface area contributed by atoms with E-state index in [1.807, 2.05) is 0 Å². The van der Waals surface area contributed by atoms with Crippen molar-refractivity contribution in [1.29, 1.82) is 0 Å². The van der Waals surface area contributed by atoms with Crippen LogP contribution in [0.15, 0.2) is 30.3 Å². The van der Waals surface area contributed by atoms with Gasteiger partial charge in [-0.3, -0.25) is 0 Å². The first kappa shape index (κ1) is 12.2. The largest absolute Gasteiger partial charge is 0.313 e. The van der Waals surface area contributed by atoms with Gasteiger partial charge in [-0.2, -0.15) is 0 Å². The molecule has 2 aliphatic carbocycles. The minimum absolute atomic E-state index is 0.665. The van der Waals surface area contributed by atoms with Gasteiger partial charge in [0.1, 0.15) is 0 Å². The second-order valence-electron chi connectivity index (χ2n) is 6.36. The molecule has 0 heterocycles. The molecule has 2 saturated carbocycles. The summed E-state index contributed by atoms with van der Waals surface area (Å²) < 4.78 is 0. The molecule has 0 atom stereocenters. The van der Waals surface area contributed by atoms with Crippen LogP contribution in [-0.4, -0.2) is 12.6 Å². The maximum atomic E-state index is 3.81. The Morgan fingerprint density at radius 1 is 1.17 bits per heavy atom. The lowest BCUT2D eigenvalue weighted by Crippen LogP contribution is -2.47.